The van der Waals surface area contributed by atoms with Crippen LogP contribution in [0.4, 0.5) is 22.0 Å². The number of fused-ring (bicyclic) bond motifs is 1. The molecule has 42 heavy (non-hydrogen) atoms. The summed E-state index contributed by atoms with van der Waals surface area (Å²) in [6.07, 6.45) is -7.82. The number of benzene rings is 1. The molecule has 0 bridgehead atoms. The summed E-state index contributed by atoms with van der Waals surface area (Å²) in [7, 11) is 0. The van der Waals surface area contributed by atoms with Crippen LogP contribution < -0.4 is 0 Å². The molecule has 0 spiro atoms. The fourth-order valence-electron chi connectivity index (χ4n) is 5.21. The highest BCUT2D eigenvalue weighted by molar-refractivity contribution is 6.31. The highest BCUT2D eigenvalue weighted by Crippen LogP contribution is 2.44. The molecular formula is C25H19Cl2F5N6O4. The van der Waals surface area contributed by atoms with Crippen LogP contribution in [0.2, 0.25) is 10.0 Å². The van der Waals surface area contributed by atoms with Gasteiger partial charge in [0, 0.05) is 23.5 Å². The van der Waals surface area contributed by atoms with E-state index in [1.165, 1.54) is 36.1 Å². The first-order valence-corrected chi connectivity index (χ1v) is 13.1. The number of aliphatic hydroxyl groups excluding tert-OH is 2. The zero-order chi connectivity index (χ0) is 30.1. The molecule has 10 nitrogen and oxygen atoms in total. The first kappa shape index (κ1) is 28.9. The molecule has 4 unspecified atom stereocenters. The molecule has 3 aromatic heterocycles. The van der Waals surface area contributed by atoms with Gasteiger partial charge in [-0.15, -0.1) is 0 Å². The van der Waals surface area contributed by atoms with E-state index in [1.807, 2.05) is 0 Å². The van der Waals surface area contributed by atoms with Crippen molar-refractivity contribution in [2.24, 2.45) is 0 Å². The highest BCUT2D eigenvalue weighted by atomic mass is 35.5. The molecule has 6 rings (SSSR count). The van der Waals surface area contributed by atoms with E-state index in [0.717, 1.165) is 16.9 Å². The maximum Gasteiger partial charge on any atom is 0.435 e. The highest BCUT2D eigenvalue weighted by Gasteiger charge is 2.55. The Hall–Kier alpha value is -3.21. The fourth-order valence-corrected chi connectivity index (χ4v) is 5.51. The second-order valence-electron chi connectivity index (χ2n) is 9.75. The Labute approximate surface area is 243 Å². The Morgan fingerprint density at radius 3 is 2.57 bits per heavy atom. The Bertz CT molecular complexity index is 1670. The summed E-state index contributed by atoms with van der Waals surface area (Å²) in [6.45, 7) is 1.24. The lowest BCUT2D eigenvalue weighted by molar-refractivity contribution is -0.196. The smallest absolute Gasteiger partial charge is 0.388 e. The van der Waals surface area contributed by atoms with E-state index in [1.54, 1.807) is 0 Å². The second-order valence-corrected chi connectivity index (χ2v) is 10.6. The molecule has 2 aliphatic rings. The van der Waals surface area contributed by atoms with Crippen molar-refractivity contribution in [1.82, 2.24) is 29.5 Å². The maximum atomic E-state index is 14.6. The molecule has 6 atom stereocenters. The molecule has 0 aliphatic carbocycles. The molecule has 2 aliphatic heterocycles. The van der Waals surface area contributed by atoms with Crippen LogP contribution in [0.5, 0.6) is 0 Å². The molecule has 222 valence electrons. The van der Waals surface area contributed by atoms with E-state index in [2.05, 4.69) is 20.2 Å². The van der Waals surface area contributed by atoms with Crippen molar-refractivity contribution in [3.63, 3.8) is 0 Å². The van der Waals surface area contributed by atoms with Gasteiger partial charge in [-0.25, -0.2) is 23.4 Å². The van der Waals surface area contributed by atoms with Crippen LogP contribution in [0.3, 0.4) is 0 Å². The Balaban J connectivity index is 1.44. The van der Waals surface area contributed by atoms with Gasteiger partial charge in [0.1, 0.15) is 42.4 Å². The quantitative estimate of drug-likeness (QED) is 0.253. The van der Waals surface area contributed by atoms with Crippen LogP contribution in [-0.4, -0.2) is 70.8 Å². The summed E-state index contributed by atoms with van der Waals surface area (Å²) in [6, 6.07) is 2.31. The van der Waals surface area contributed by atoms with Crippen molar-refractivity contribution in [1.29, 1.82) is 0 Å². The minimum Gasteiger partial charge on any atom is -0.388 e. The summed E-state index contributed by atoms with van der Waals surface area (Å²) in [5.41, 5.74) is -1.90. The average Bonchev–Trinajstić information content (AvgIpc) is 3.65. The summed E-state index contributed by atoms with van der Waals surface area (Å²) in [5.74, 6) is -2.66. The van der Waals surface area contributed by atoms with E-state index in [0.29, 0.717) is 0 Å². The summed E-state index contributed by atoms with van der Waals surface area (Å²) in [5, 5.41) is 30.0. The van der Waals surface area contributed by atoms with E-state index < -0.39 is 70.8 Å². The predicted molar refractivity (Wildman–Crippen MR) is 135 cm³/mol. The second kappa shape index (κ2) is 10.5. The SMILES string of the molecule is Cc1nc([C@@H]2OC3C(O)CO[C@@H]3C(n3cc(-c4ccc(Cl)c(F)c4F)cn3)C2O)n(-c2cc(Cl)cnc2C(F)(F)F)n1. The van der Waals surface area contributed by atoms with Gasteiger partial charge in [-0.2, -0.15) is 23.4 Å². The van der Waals surface area contributed by atoms with Gasteiger partial charge in [-0.3, -0.25) is 4.68 Å². The molecule has 0 radical (unpaired) electrons. The Morgan fingerprint density at radius 2 is 1.83 bits per heavy atom. The number of hydrogen-bond acceptors (Lipinski definition) is 8. The van der Waals surface area contributed by atoms with Gasteiger partial charge < -0.3 is 19.7 Å². The van der Waals surface area contributed by atoms with Crippen LogP contribution in [0.15, 0.2) is 36.8 Å². The number of alkyl halides is 3. The lowest BCUT2D eigenvalue weighted by Crippen LogP contribution is -2.52. The van der Waals surface area contributed by atoms with Crippen molar-refractivity contribution >= 4 is 23.2 Å². The molecule has 5 heterocycles. The minimum absolute atomic E-state index is 0.0393. The minimum atomic E-state index is -4.89. The zero-order valence-electron chi connectivity index (χ0n) is 21.2. The number of aryl methyl sites for hydroxylation is 1. The molecular weight excluding hydrogens is 614 g/mol. The van der Waals surface area contributed by atoms with Crippen molar-refractivity contribution in [2.75, 3.05) is 6.61 Å². The largest absolute Gasteiger partial charge is 0.435 e. The van der Waals surface area contributed by atoms with Gasteiger partial charge in [0.15, 0.2) is 23.2 Å². The van der Waals surface area contributed by atoms with Gasteiger partial charge in [-0.05, 0) is 25.1 Å². The van der Waals surface area contributed by atoms with Gasteiger partial charge >= 0.3 is 6.18 Å². The number of aliphatic hydroxyl groups is 2. The number of nitrogens with zero attached hydrogens (tertiary/aromatic N) is 6. The molecule has 2 saturated heterocycles. The van der Waals surface area contributed by atoms with Crippen molar-refractivity contribution in [3.8, 4) is 16.8 Å². The lowest BCUT2D eigenvalue weighted by atomic mass is 9.91. The van der Waals surface area contributed by atoms with Crippen LogP contribution in [0, 0.1) is 18.6 Å². The van der Waals surface area contributed by atoms with Crippen LogP contribution >= 0.6 is 23.2 Å². The third-order valence-corrected chi connectivity index (χ3v) is 7.54. The van der Waals surface area contributed by atoms with Crippen LogP contribution in [0.25, 0.3) is 16.8 Å². The van der Waals surface area contributed by atoms with Gasteiger partial charge in [0.05, 0.1) is 28.5 Å². The molecule has 2 N–H and O–H groups in total. The average molecular weight is 633 g/mol. The number of halogens is 7. The Morgan fingerprint density at radius 1 is 1.07 bits per heavy atom. The molecule has 4 aromatic rings. The molecule has 2 fully saturated rings. The predicted octanol–water partition coefficient (Wildman–Crippen LogP) is 4.24. The maximum absolute atomic E-state index is 14.6. The van der Waals surface area contributed by atoms with Crippen LogP contribution in [-0.2, 0) is 15.7 Å². The van der Waals surface area contributed by atoms with Gasteiger partial charge in [0.2, 0.25) is 0 Å². The topological polar surface area (TPSA) is 120 Å². The van der Waals surface area contributed by atoms with Crippen molar-refractivity contribution in [2.45, 2.75) is 49.7 Å². The molecule has 0 amide bonds. The number of ether oxygens (including phenoxy) is 2. The Kier molecular flexibility index (Phi) is 7.22. The summed E-state index contributed by atoms with van der Waals surface area (Å²) >= 11 is 11.6. The standard InChI is InChI=1S/C25H19Cl2F5N6O4/c1-9-35-24(38(36-9)14-4-11(26)6-33-23(14)25(30,31)32)22-19(40)18(21-20(42-22)15(39)8-41-21)37-7-10(5-34-37)12-2-3-13(27)17(29)16(12)28/h2-7,15,18-22,39-40H,8H2,1H3/t15?,18?,19?,20?,21-,22-/m1/s1. The fraction of sp³-hybridized carbons (Fsp3) is 0.360. The van der Waals surface area contributed by atoms with Crippen LogP contribution in [0.1, 0.15) is 29.5 Å². The third-order valence-electron chi connectivity index (χ3n) is 7.04. The number of rotatable bonds is 4. The van der Waals surface area contributed by atoms with E-state index >= 15 is 0 Å². The first-order valence-electron chi connectivity index (χ1n) is 12.3. The normalized spacial score (nSPS) is 26.0. The van der Waals surface area contributed by atoms with Gasteiger partial charge in [-0.1, -0.05) is 23.2 Å². The van der Waals surface area contributed by atoms with E-state index in [4.69, 9.17) is 32.7 Å². The third kappa shape index (κ3) is 4.83. The number of hydrogen-bond donors (Lipinski definition) is 2. The number of aromatic nitrogens is 6. The van der Waals surface area contributed by atoms with Crippen molar-refractivity contribution in [3.05, 3.63) is 75.8 Å². The van der Waals surface area contributed by atoms with Crippen molar-refractivity contribution < 1.29 is 41.6 Å². The zero-order valence-corrected chi connectivity index (χ0v) is 22.7. The molecule has 0 saturated carbocycles. The summed E-state index contributed by atoms with van der Waals surface area (Å²) < 4.78 is 84.2. The van der Waals surface area contributed by atoms with Gasteiger partial charge in [0.25, 0.3) is 0 Å². The molecule has 1 aromatic carbocycles. The molecule has 17 heteroatoms. The first-order chi connectivity index (χ1) is 19.8. The van der Waals surface area contributed by atoms with E-state index in [9.17, 15) is 32.2 Å². The number of pyridine rings is 1. The summed E-state index contributed by atoms with van der Waals surface area (Å²) in [4.78, 5) is 7.67. The lowest BCUT2D eigenvalue weighted by Gasteiger charge is -2.41. The van der Waals surface area contributed by atoms with E-state index in [-0.39, 0.29) is 34.4 Å². The monoisotopic (exact) mass is 632 g/mol.